The number of nitrogens with zero attached hydrogens (tertiary/aromatic N) is 3. The molecule has 0 fully saturated rings. The largest absolute Gasteiger partial charge is 0.389 e. The van der Waals surface area contributed by atoms with Gasteiger partial charge in [0.25, 0.3) is 0 Å². The summed E-state index contributed by atoms with van der Waals surface area (Å²) in [6, 6.07) is 8.64. The molecule has 0 spiro atoms. The molecule has 104 valence electrons. The first kappa shape index (κ1) is 13.7. The van der Waals surface area contributed by atoms with Crippen LogP contribution in [-0.2, 0) is 17.8 Å². The zero-order valence-corrected chi connectivity index (χ0v) is 10.5. The van der Waals surface area contributed by atoms with Gasteiger partial charge in [0.15, 0.2) is 0 Å². The lowest BCUT2D eigenvalue weighted by Crippen LogP contribution is -2.31. The highest BCUT2D eigenvalue weighted by Gasteiger charge is 2.10. The van der Waals surface area contributed by atoms with Crippen LogP contribution in [0.2, 0.25) is 0 Å². The van der Waals surface area contributed by atoms with Crippen LogP contribution >= 0.6 is 0 Å². The van der Waals surface area contributed by atoms with E-state index in [9.17, 15) is 14.9 Å². The second-order valence-electron chi connectivity index (χ2n) is 4.19. The minimum absolute atomic E-state index is 0.179. The monoisotopic (exact) mass is 275 g/mol. The summed E-state index contributed by atoms with van der Waals surface area (Å²) < 4.78 is 1.49. The number of hydrogen-bond acceptors (Lipinski definition) is 5. The molecule has 0 saturated heterocycles. The van der Waals surface area contributed by atoms with Gasteiger partial charge in [0.2, 0.25) is 5.91 Å². The van der Waals surface area contributed by atoms with Crippen LogP contribution in [0.25, 0.3) is 0 Å². The Labute approximate surface area is 114 Å². The van der Waals surface area contributed by atoms with Gasteiger partial charge in [-0.15, -0.1) is 0 Å². The highest BCUT2D eigenvalue weighted by Crippen LogP contribution is 2.10. The summed E-state index contributed by atoms with van der Waals surface area (Å²) in [7, 11) is 0. The standard InChI is InChI=1S/C12H13N5O3/c13-14-12(18)7-9-1-3-10(4-2-9)8-16-6-5-11(15-16)17(19)20/h1-6H,7-8,13H2,(H,14,18). The number of amides is 1. The molecule has 0 aliphatic rings. The molecule has 0 unspecified atom stereocenters. The van der Waals surface area contributed by atoms with Crippen molar-refractivity contribution in [3.8, 4) is 0 Å². The molecule has 0 bridgehead atoms. The number of carbonyl (C=O) groups is 1. The van der Waals surface area contributed by atoms with Gasteiger partial charge in [0.05, 0.1) is 30.3 Å². The Hall–Kier alpha value is -2.74. The normalized spacial score (nSPS) is 10.2. The van der Waals surface area contributed by atoms with Crippen molar-refractivity contribution in [2.75, 3.05) is 0 Å². The van der Waals surface area contributed by atoms with Gasteiger partial charge in [-0.2, -0.15) is 4.68 Å². The average molecular weight is 275 g/mol. The molecule has 0 atom stereocenters. The molecule has 0 aliphatic heterocycles. The van der Waals surface area contributed by atoms with E-state index in [1.165, 1.54) is 10.7 Å². The molecule has 1 amide bonds. The summed E-state index contributed by atoms with van der Waals surface area (Å²) in [5.74, 6) is 4.57. The molecule has 1 aromatic carbocycles. The summed E-state index contributed by atoms with van der Waals surface area (Å²) in [5.41, 5.74) is 3.83. The van der Waals surface area contributed by atoms with Crippen molar-refractivity contribution in [1.29, 1.82) is 0 Å². The zero-order chi connectivity index (χ0) is 14.5. The third-order valence-corrected chi connectivity index (χ3v) is 2.71. The molecule has 1 heterocycles. The smallest absolute Gasteiger partial charge is 0.358 e. The first-order chi connectivity index (χ1) is 9.58. The average Bonchev–Trinajstić information content (AvgIpc) is 2.89. The maximum absolute atomic E-state index is 11.1. The predicted octanol–water partition coefficient (Wildman–Crippen LogP) is 0.372. The molecule has 1 aromatic heterocycles. The van der Waals surface area contributed by atoms with E-state index in [0.29, 0.717) is 6.54 Å². The second kappa shape index (κ2) is 5.93. The van der Waals surface area contributed by atoms with E-state index in [1.54, 1.807) is 6.20 Å². The molecule has 8 nitrogen and oxygen atoms in total. The van der Waals surface area contributed by atoms with Crippen molar-refractivity contribution in [3.05, 3.63) is 57.8 Å². The van der Waals surface area contributed by atoms with Crippen LogP contribution in [-0.4, -0.2) is 20.6 Å². The topological polar surface area (TPSA) is 116 Å². The number of aromatic nitrogens is 2. The molecule has 2 rings (SSSR count). The third kappa shape index (κ3) is 3.39. The van der Waals surface area contributed by atoms with Gasteiger partial charge in [-0.25, -0.2) is 5.84 Å². The Bertz CT molecular complexity index is 620. The fourth-order valence-electron chi connectivity index (χ4n) is 1.72. The van der Waals surface area contributed by atoms with Crippen molar-refractivity contribution >= 4 is 11.7 Å². The van der Waals surface area contributed by atoms with E-state index >= 15 is 0 Å². The van der Waals surface area contributed by atoms with Gasteiger partial charge in [0.1, 0.15) is 0 Å². The van der Waals surface area contributed by atoms with Gasteiger partial charge in [-0.1, -0.05) is 24.3 Å². The van der Waals surface area contributed by atoms with Crippen molar-refractivity contribution in [2.24, 2.45) is 5.84 Å². The van der Waals surface area contributed by atoms with Crippen LogP contribution in [0.5, 0.6) is 0 Å². The molecule has 0 saturated carbocycles. The molecule has 0 aliphatic carbocycles. The van der Waals surface area contributed by atoms with E-state index in [2.05, 4.69) is 10.5 Å². The molecule has 0 radical (unpaired) electrons. The molecular formula is C12H13N5O3. The van der Waals surface area contributed by atoms with Gasteiger partial charge in [0, 0.05) is 0 Å². The molecular weight excluding hydrogens is 262 g/mol. The van der Waals surface area contributed by atoms with Crippen LogP contribution < -0.4 is 11.3 Å². The van der Waals surface area contributed by atoms with Crippen LogP contribution in [0.4, 0.5) is 5.82 Å². The summed E-state index contributed by atoms with van der Waals surface area (Å²) in [5, 5.41) is 14.4. The van der Waals surface area contributed by atoms with E-state index < -0.39 is 4.92 Å². The minimum atomic E-state index is -0.537. The molecule has 3 N–H and O–H groups in total. The van der Waals surface area contributed by atoms with E-state index in [0.717, 1.165) is 11.1 Å². The minimum Gasteiger partial charge on any atom is -0.358 e. The summed E-state index contributed by atoms with van der Waals surface area (Å²) in [6.45, 7) is 0.428. The highest BCUT2D eigenvalue weighted by molar-refractivity contribution is 5.77. The number of nitro groups is 1. The molecule has 20 heavy (non-hydrogen) atoms. The number of hydrogen-bond donors (Lipinski definition) is 2. The Morgan fingerprint density at radius 1 is 1.30 bits per heavy atom. The second-order valence-corrected chi connectivity index (χ2v) is 4.19. The lowest BCUT2D eigenvalue weighted by molar-refractivity contribution is -0.389. The van der Waals surface area contributed by atoms with Gasteiger partial charge >= 0.3 is 5.82 Å². The Morgan fingerprint density at radius 3 is 2.50 bits per heavy atom. The summed E-state index contributed by atoms with van der Waals surface area (Å²) in [6.07, 6.45) is 1.76. The number of hydrazine groups is 1. The van der Waals surface area contributed by atoms with Crippen molar-refractivity contribution < 1.29 is 9.72 Å². The zero-order valence-electron chi connectivity index (χ0n) is 10.5. The van der Waals surface area contributed by atoms with E-state index in [4.69, 9.17) is 5.84 Å². The van der Waals surface area contributed by atoms with Crippen molar-refractivity contribution in [1.82, 2.24) is 15.2 Å². The number of carbonyl (C=O) groups excluding carboxylic acids is 1. The predicted molar refractivity (Wildman–Crippen MR) is 70.5 cm³/mol. The quantitative estimate of drug-likeness (QED) is 0.354. The van der Waals surface area contributed by atoms with Crippen LogP contribution in [0.3, 0.4) is 0 Å². The first-order valence-corrected chi connectivity index (χ1v) is 5.83. The van der Waals surface area contributed by atoms with E-state index in [1.807, 2.05) is 24.3 Å². The Balaban J connectivity index is 2.02. The highest BCUT2D eigenvalue weighted by atomic mass is 16.6. The van der Waals surface area contributed by atoms with Gasteiger partial charge in [-0.3, -0.25) is 10.2 Å². The van der Waals surface area contributed by atoms with Gasteiger partial charge < -0.3 is 10.1 Å². The third-order valence-electron chi connectivity index (χ3n) is 2.71. The van der Waals surface area contributed by atoms with E-state index in [-0.39, 0.29) is 18.1 Å². The number of nitrogens with one attached hydrogen (secondary N) is 1. The molecule has 2 aromatic rings. The van der Waals surface area contributed by atoms with Crippen molar-refractivity contribution in [2.45, 2.75) is 13.0 Å². The van der Waals surface area contributed by atoms with Crippen LogP contribution in [0.1, 0.15) is 11.1 Å². The van der Waals surface area contributed by atoms with Crippen LogP contribution in [0.15, 0.2) is 36.5 Å². The SMILES string of the molecule is NNC(=O)Cc1ccc(Cn2ccc([N+](=O)[O-])n2)cc1. The Kier molecular flexibility index (Phi) is 4.06. The maximum Gasteiger partial charge on any atom is 0.389 e. The lowest BCUT2D eigenvalue weighted by Gasteiger charge is -2.02. The van der Waals surface area contributed by atoms with Gasteiger partial charge in [-0.05, 0) is 16.1 Å². The summed E-state index contributed by atoms with van der Waals surface area (Å²) in [4.78, 5) is 21.1. The number of rotatable bonds is 5. The van der Waals surface area contributed by atoms with Crippen LogP contribution in [0, 0.1) is 10.1 Å². The fourth-order valence-corrected chi connectivity index (χ4v) is 1.72. The van der Waals surface area contributed by atoms with Crippen molar-refractivity contribution in [3.63, 3.8) is 0 Å². The molecule has 8 heteroatoms. The Morgan fingerprint density at radius 2 is 1.95 bits per heavy atom. The number of benzene rings is 1. The first-order valence-electron chi connectivity index (χ1n) is 5.83. The maximum atomic E-state index is 11.1. The number of nitrogens with two attached hydrogens (primary N) is 1. The summed E-state index contributed by atoms with van der Waals surface area (Å²) >= 11 is 0. The fraction of sp³-hybridized carbons (Fsp3) is 0.167. The lowest BCUT2D eigenvalue weighted by atomic mass is 10.1.